The fraction of sp³-hybridized carbons (Fsp3) is 0.500. The number of nitrogens with one attached hydrogen (secondary N) is 1. The van der Waals surface area contributed by atoms with Crippen LogP contribution in [0.25, 0.3) is 0 Å². The van der Waals surface area contributed by atoms with Gasteiger partial charge in [0.05, 0.1) is 5.69 Å². The Balaban J connectivity index is 2.11. The standard InChI is InChI=1S/C18H27N3/c1-14-16(13-21(5)20-14)12-19-17(11-18(2,3)4)15-9-7-6-8-10-15/h6-10,13,17,19H,11-12H2,1-5H3. The summed E-state index contributed by atoms with van der Waals surface area (Å²) < 4.78 is 1.88. The Hall–Kier alpha value is -1.61. The molecule has 3 nitrogen and oxygen atoms in total. The van der Waals surface area contributed by atoms with E-state index in [1.807, 2.05) is 11.7 Å². The average Bonchev–Trinajstić information content (AvgIpc) is 2.73. The van der Waals surface area contributed by atoms with E-state index in [-0.39, 0.29) is 5.41 Å². The van der Waals surface area contributed by atoms with E-state index in [1.54, 1.807) is 0 Å². The highest BCUT2D eigenvalue weighted by atomic mass is 15.2. The zero-order chi connectivity index (χ0) is 15.5. The third kappa shape index (κ3) is 4.71. The first-order valence-corrected chi connectivity index (χ1v) is 7.62. The van der Waals surface area contributed by atoms with E-state index in [0.717, 1.165) is 18.7 Å². The van der Waals surface area contributed by atoms with Crippen LogP contribution in [0.2, 0.25) is 0 Å². The minimum atomic E-state index is 0.289. The van der Waals surface area contributed by atoms with Crippen molar-refractivity contribution in [3.05, 3.63) is 53.3 Å². The van der Waals surface area contributed by atoms with Crippen molar-refractivity contribution in [2.45, 2.75) is 46.7 Å². The number of aryl methyl sites for hydroxylation is 2. The molecule has 0 aliphatic rings. The molecule has 0 saturated carbocycles. The fourth-order valence-corrected chi connectivity index (χ4v) is 2.66. The molecule has 114 valence electrons. The van der Waals surface area contributed by atoms with E-state index in [0.29, 0.717) is 6.04 Å². The van der Waals surface area contributed by atoms with E-state index >= 15 is 0 Å². The highest BCUT2D eigenvalue weighted by molar-refractivity contribution is 5.20. The van der Waals surface area contributed by atoms with Crippen molar-refractivity contribution in [3.8, 4) is 0 Å². The number of rotatable bonds is 5. The zero-order valence-corrected chi connectivity index (χ0v) is 13.9. The topological polar surface area (TPSA) is 29.9 Å². The summed E-state index contributed by atoms with van der Waals surface area (Å²) >= 11 is 0. The summed E-state index contributed by atoms with van der Waals surface area (Å²) in [4.78, 5) is 0. The lowest BCUT2D eigenvalue weighted by atomic mass is 9.85. The summed E-state index contributed by atoms with van der Waals surface area (Å²) in [6.45, 7) is 9.80. The largest absolute Gasteiger partial charge is 0.306 e. The normalized spacial score (nSPS) is 13.4. The van der Waals surface area contributed by atoms with Gasteiger partial charge in [-0.3, -0.25) is 4.68 Å². The smallest absolute Gasteiger partial charge is 0.0638 e. The molecule has 1 atom stereocenters. The number of nitrogens with zero attached hydrogens (tertiary/aromatic N) is 2. The third-order valence-corrected chi connectivity index (χ3v) is 3.67. The first-order chi connectivity index (χ1) is 9.85. The molecular weight excluding hydrogens is 258 g/mol. The Kier molecular flexibility index (Phi) is 4.84. The number of hydrogen-bond acceptors (Lipinski definition) is 2. The molecule has 1 unspecified atom stereocenters. The van der Waals surface area contributed by atoms with Gasteiger partial charge in [-0.15, -0.1) is 0 Å². The summed E-state index contributed by atoms with van der Waals surface area (Å²) in [6, 6.07) is 11.1. The fourth-order valence-electron chi connectivity index (χ4n) is 2.66. The van der Waals surface area contributed by atoms with Crippen molar-refractivity contribution in [2.75, 3.05) is 0 Å². The molecular formula is C18H27N3. The number of hydrogen-bond donors (Lipinski definition) is 1. The van der Waals surface area contributed by atoms with Crippen LogP contribution in [0.15, 0.2) is 36.5 Å². The van der Waals surface area contributed by atoms with Gasteiger partial charge in [0.15, 0.2) is 0 Å². The lowest BCUT2D eigenvalue weighted by molar-refractivity contribution is 0.310. The van der Waals surface area contributed by atoms with Crippen molar-refractivity contribution in [3.63, 3.8) is 0 Å². The Bertz CT molecular complexity index is 564. The molecule has 2 rings (SSSR count). The van der Waals surface area contributed by atoms with Crippen LogP contribution in [0.4, 0.5) is 0 Å². The molecule has 21 heavy (non-hydrogen) atoms. The number of benzene rings is 1. The molecule has 1 N–H and O–H groups in total. The van der Waals surface area contributed by atoms with Crippen LogP contribution >= 0.6 is 0 Å². The van der Waals surface area contributed by atoms with Gasteiger partial charge in [-0.2, -0.15) is 5.10 Å². The first-order valence-electron chi connectivity index (χ1n) is 7.62. The Morgan fingerprint density at radius 3 is 2.38 bits per heavy atom. The maximum absolute atomic E-state index is 4.41. The second-order valence-electron chi connectivity index (χ2n) is 7.02. The van der Waals surface area contributed by atoms with Crippen molar-refractivity contribution in [1.29, 1.82) is 0 Å². The molecule has 0 fully saturated rings. The molecule has 0 saturated heterocycles. The van der Waals surface area contributed by atoms with Crippen LogP contribution in [0.3, 0.4) is 0 Å². The molecule has 0 amide bonds. The van der Waals surface area contributed by atoms with E-state index in [2.05, 4.69) is 74.6 Å². The Morgan fingerprint density at radius 2 is 1.86 bits per heavy atom. The van der Waals surface area contributed by atoms with E-state index in [9.17, 15) is 0 Å². The van der Waals surface area contributed by atoms with Gasteiger partial charge in [-0.05, 0) is 24.3 Å². The van der Waals surface area contributed by atoms with Gasteiger partial charge in [0, 0.05) is 31.4 Å². The van der Waals surface area contributed by atoms with Crippen LogP contribution < -0.4 is 5.32 Å². The van der Waals surface area contributed by atoms with Gasteiger partial charge < -0.3 is 5.32 Å². The highest BCUT2D eigenvalue weighted by Gasteiger charge is 2.20. The van der Waals surface area contributed by atoms with Crippen LogP contribution in [-0.2, 0) is 13.6 Å². The van der Waals surface area contributed by atoms with Crippen molar-refractivity contribution < 1.29 is 0 Å². The van der Waals surface area contributed by atoms with Crippen LogP contribution in [-0.4, -0.2) is 9.78 Å². The van der Waals surface area contributed by atoms with Crippen LogP contribution in [0.1, 0.15) is 50.1 Å². The molecule has 0 aliphatic carbocycles. The van der Waals surface area contributed by atoms with Crippen molar-refractivity contribution >= 4 is 0 Å². The molecule has 0 spiro atoms. The molecule has 0 aliphatic heterocycles. The second-order valence-corrected chi connectivity index (χ2v) is 7.02. The van der Waals surface area contributed by atoms with Crippen molar-refractivity contribution in [2.24, 2.45) is 12.5 Å². The van der Waals surface area contributed by atoms with Crippen LogP contribution in [0.5, 0.6) is 0 Å². The monoisotopic (exact) mass is 285 g/mol. The highest BCUT2D eigenvalue weighted by Crippen LogP contribution is 2.29. The summed E-state index contributed by atoms with van der Waals surface area (Å²) in [5.41, 5.74) is 4.02. The lowest BCUT2D eigenvalue weighted by Gasteiger charge is -2.27. The van der Waals surface area contributed by atoms with Crippen LogP contribution in [0, 0.1) is 12.3 Å². The van der Waals surface area contributed by atoms with Crippen molar-refractivity contribution in [1.82, 2.24) is 15.1 Å². The molecule has 3 heteroatoms. The molecule has 0 radical (unpaired) electrons. The molecule has 0 bridgehead atoms. The van der Waals surface area contributed by atoms with E-state index in [1.165, 1.54) is 11.1 Å². The summed E-state index contributed by atoms with van der Waals surface area (Å²) in [5, 5.41) is 8.12. The van der Waals surface area contributed by atoms with Gasteiger partial charge in [0.1, 0.15) is 0 Å². The molecule has 1 heterocycles. The summed E-state index contributed by atoms with van der Waals surface area (Å²) in [7, 11) is 1.97. The zero-order valence-electron chi connectivity index (χ0n) is 13.9. The maximum atomic E-state index is 4.41. The minimum absolute atomic E-state index is 0.289. The first kappa shape index (κ1) is 15.8. The van der Waals surface area contributed by atoms with E-state index < -0.39 is 0 Å². The van der Waals surface area contributed by atoms with Gasteiger partial charge in [-0.1, -0.05) is 51.1 Å². The minimum Gasteiger partial charge on any atom is -0.306 e. The van der Waals surface area contributed by atoms with Gasteiger partial charge in [0.2, 0.25) is 0 Å². The lowest BCUT2D eigenvalue weighted by Crippen LogP contribution is -2.25. The Labute approximate surface area is 128 Å². The maximum Gasteiger partial charge on any atom is 0.0638 e. The third-order valence-electron chi connectivity index (χ3n) is 3.67. The Morgan fingerprint density at radius 1 is 1.19 bits per heavy atom. The molecule has 1 aromatic heterocycles. The summed E-state index contributed by atoms with van der Waals surface area (Å²) in [6.07, 6.45) is 3.21. The van der Waals surface area contributed by atoms with E-state index in [4.69, 9.17) is 0 Å². The second kappa shape index (κ2) is 6.44. The predicted octanol–water partition coefficient (Wildman–Crippen LogP) is 4.00. The SMILES string of the molecule is Cc1nn(C)cc1CNC(CC(C)(C)C)c1ccccc1. The summed E-state index contributed by atoms with van der Waals surface area (Å²) in [5.74, 6) is 0. The quantitative estimate of drug-likeness (QED) is 0.900. The molecule has 1 aromatic carbocycles. The van der Waals surface area contributed by atoms with Gasteiger partial charge >= 0.3 is 0 Å². The molecule has 2 aromatic rings. The average molecular weight is 285 g/mol. The van der Waals surface area contributed by atoms with Gasteiger partial charge in [0.25, 0.3) is 0 Å². The predicted molar refractivity (Wildman–Crippen MR) is 88.0 cm³/mol. The number of aromatic nitrogens is 2. The van der Waals surface area contributed by atoms with Gasteiger partial charge in [-0.25, -0.2) is 0 Å².